The molecular formula is C23H25ClF2N4O5S. The number of carbonyl (C=O) groups excluding carboxylic acids is 3. The number of halogens is 3. The topological polar surface area (TPSA) is 109 Å². The lowest BCUT2D eigenvalue weighted by atomic mass is 10.2. The predicted molar refractivity (Wildman–Crippen MR) is 131 cm³/mol. The summed E-state index contributed by atoms with van der Waals surface area (Å²) in [6.45, 7) is -2.12. The van der Waals surface area contributed by atoms with E-state index in [1.54, 1.807) is 12.1 Å². The summed E-state index contributed by atoms with van der Waals surface area (Å²) in [7, 11) is 0. The van der Waals surface area contributed by atoms with Crippen LogP contribution in [0, 0.1) is 5.92 Å². The van der Waals surface area contributed by atoms with Crippen molar-refractivity contribution in [2.24, 2.45) is 5.92 Å². The first kappa shape index (κ1) is 26.3. The second kappa shape index (κ2) is 12.0. The Morgan fingerprint density at radius 1 is 1.25 bits per heavy atom. The van der Waals surface area contributed by atoms with Crippen molar-refractivity contribution >= 4 is 52.0 Å². The molecule has 0 unspecified atom stereocenters. The van der Waals surface area contributed by atoms with E-state index in [2.05, 4.69) is 20.7 Å². The number of hydrogen-bond acceptors (Lipinski definition) is 7. The predicted octanol–water partition coefficient (Wildman–Crippen LogP) is 3.10. The number of carbonyl (C=O) groups is 3. The highest BCUT2D eigenvalue weighted by molar-refractivity contribution is 7.18. The van der Waals surface area contributed by atoms with Crippen molar-refractivity contribution in [1.82, 2.24) is 10.6 Å². The van der Waals surface area contributed by atoms with Gasteiger partial charge in [-0.05, 0) is 49.6 Å². The molecule has 2 aliphatic rings. The van der Waals surface area contributed by atoms with Crippen molar-refractivity contribution in [3.8, 4) is 5.75 Å². The van der Waals surface area contributed by atoms with Gasteiger partial charge in [-0.3, -0.25) is 14.4 Å². The quantitative estimate of drug-likeness (QED) is 0.403. The smallest absolute Gasteiger partial charge is 0.387 e. The van der Waals surface area contributed by atoms with Crippen LogP contribution in [0.4, 0.5) is 20.2 Å². The van der Waals surface area contributed by atoms with E-state index in [-0.39, 0.29) is 42.9 Å². The molecule has 0 radical (unpaired) electrons. The highest BCUT2D eigenvalue weighted by Crippen LogP contribution is 2.32. The van der Waals surface area contributed by atoms with E-state index < -0.39 is 18.6 Å². The Labute approximate surface area is 215 Å². The second-order valence-electron chi connectivity index (χ2n) is 8.36. The number of alkyl halides is 2. The molecule has 1 aliphatic heterocycles. The van der Waals surface area contributed by atoms with Crippen molar-refractivity contribution in [2.75, 3.05) is 43.1 Å². The monoisotopic (exact) mass is 542 g/mol. The Balaban J connectivity index is 1.47. The summed E-state index contributed by atoms with van der Waals surface area (Å²) < 4.78 is 36.5. The third-order valence-electron chi connectivity index (χ3n) is 5.67. The summed E-state index contributed by atoms with van der Waals surface area (Å²) in [6.07, 6.45) is 2.10. The molecule has 1 saturated carbocycles. The molecule has 2 fully saturated rings. The van der Waals surface area contributed by atoms with E-state index >= 15 is 0 Å². The maximum atomic E-state index is 13.1. The van der Waals surface area contributed by atoms with Crippen LogP contribution >= 0.6 is 22.9 Å². The van der Waals surface area contributed by atoms with E-state index in [0.717, 1.165) is 24.2 Å². The van der Waals surface area contributed by atoms with Crippen LogP contribution in [-0.2, 0) is 14.3 Å². The number of amides is 3. The van der Waals surface area contributed by atoms with Crippen LogP contribution in [0.2, 0.25) is 4.34 Å². The van der Waals surface area contributed by atoms with Gasteiger partial charge in [0, 0.05) is 24.8 Å². The summed E-state index contributed by atoms with van der Waals surface area (Å²) >= 11 is 7.00. The minimum absolute atomic E-state index is 0.0133. The number of rotatable bonds is 11. The van der Waals surface area contributed by atoms with Gasteiger partial charge in [-0.15, -0.1) is 11.3 Å². The molecule has 1 aliphatic carbocycles. The molecule has 4 rings (SSSR count). The van der Waals surface area contributed by atoms with Crippen molar-refractivity contribution < 1.29 is 32.6 Å². The molecule has 2 aromatic rings. The molecule has 0 bridgehead atoms. The summed E-state index contributed by atoms with van der Waals surface area (Å²) in [5.74, 6) is -1.05. The van der Waals surface area contributed by atoms with E-state index in [4.69, 9.17) is 16.3 Å². The Bertz CT molecular complexity index is 1110. The first-order valence-corrected chi connectivity index (χ1v) is 12.5. The van der Waals surface area contributed by atoms with Gasteiger partial charge in [0.15, 0.2) is 5.75 Å². The van der Waals surface area contributed by atoms with Gasteiger partial charge in [0.2, 0.25) is 5.91 Å². The van der Waals surface area contributed by atoms with Gasteiger partial charge in [0.05, 0.1) is 21.5 Å². The van der Waals surface area contributed by atoms with Crippen LogP contribution in [-0.4, -0.2) is 63.2 Å². The number of nitrogens with zero attached hydrogens (tertiary/aromatic N) is 1. The van der Waals surface area contributed by atoms with E-state index in [1.165, 1.54) is 23.1 Å². The minimum atomic E-state index is -3.14. The number of benzene rings is 1. The minimum Gasteiger partial charge on any atom is -0.433 e. The molecule has 1 aromatic carbocycles. The summed E-state index contributed by atoms with van der Waals surface area (Å²) in [4.78, 5) is 39.5. The van der Waals surface area contributed by atoms with Crippen LogP contribution in [0.1, 0.15) is 22.5 Å². The van der Waals surface area contributed by atoms with Gasteiger partial charge < -0.3 is 30.3 Å². The van der Waals surface area contributed by atoms with Crippen LogP contribution in [0.3, 0.4) is 0 Å². The van der Waals surface area contributed by atoms with Gasteiger partial charge in [-0.2, -0.15) is 8.78 Å². The number of nitrogens with one attached hydrogen (secondary N) is 3. The van der Waals surface area contributed by atoms with E-state index in [9.17, 15) is 23.2 Å². The van der Waals surface area contributed by atoms with E-state index in [1.807, 2.05) is 0 Å². The lowest BCUT2D eigenvalue weighted by molar-refractivity contribution is -0.125. The third-order valence-corrected chi connectivity index (χ3v) is 6.90. The second-order valence-corrected chi connectivity index (χ2v) is 10.1. The normalized spacial score (nSPS) is 16.7. The number of hydrogen-bond donors (Lipinski definition) is 3. The number of ether oxygens (including phenoxy) is 2. The molecule has 9 nitrogen and oxygen atoms in total. The Morgan fingerprint density at radius 2 is 2.06 bits per heavy atom. The standard InChI is InChI=1S/C23H25ClF2N4O5S/c24-19-6-5-18(36-19)22(33)28-11-16(27-10-13-1-2-13)21(32)29-15-4-3-14(9-17(15)35-23(25)26)30-7-8-34-12-20(30)31/h3-6,9,13,16,23,27H,1-2,7-8,10-12H2,(H,28,33)(H,29,32)/t16-/m1/s1. The molecule has 36 heavy (non-hydrogen) atoms. The molecule has 2 heterocycles. The fraction of sp³-hybridized carbons (Fsp3) is 0.435. The van der Waals surface area contributed by atoms with E-state index in [0.29, 0.717) is 34.0 Å². The van der Waals surface area contributed by atoms with Gasteiger partial charge in [0.25, 0.3) is 11.8 Å². The number of morpholine rings is 1. The summed E-state index contributed by atoms with van der Waals surface area (Å²) in [6, 6.07) is 6.58. The lowest BCUT2D eigenvalue weighted by Crippen LogP contribution is -2.49. The zero-order valence-corrected chi connectivity index (χ0v) is 20.7. The van der Waals surface area contributed by atoms with Crippen molar-refractivity contribution in [1.29, 1.82) is 0 Å². The molecule has 1 aromatic heterocycles. The van der Waals surface area contributed by atoms with Crippen LogP contribution < -0.4 is 25.6 Å². The first-order chi connectivity index (χ1) is 17.3. The van der Waals surface area contributed by atoms with Crippen LogP contribution in [0.15, 0.2) is 30.3 Å². The molecular weight excluding hydrogens is 518 g/mol. The summed E-state index contributed by atoms with van der Waals surface area (Å²) in [5.41, 5.74) is 0.363. The SMILES string of the molecule is O=C(NC[C@@H](NCC1CC1)C(=O)Nc1ccc(N2CCOCC2=O)cc1OC(F)F)c1ccc(Cl)s1. The number of thiophene rings is 1. The molecule has 13 heteroatoms. The van der Waals surface area contributed by atoms with Crippen molar-refractivity contribution in [2.45, 2.75) is 25.5 Å². The largest absolute Gasteiger partial charge is 0.433 e. The average molecular weight is 543 g/mol. The molecule has 194 valence electrons. The fourth-order valence-electron chi connectivity index (χ4n) is 3.59. The molecule has 3 N–H and O–H groups in total. The Kier molecular flexibility index (Phi) is 8.72. The fourth-order valence-corrected chi connectivity index (χ4v) is 4.55. The van der Waals surface area contributed by atoms with Crippen LogP contribution in [0.5, 0.6) is 5.75 Å². The molecule has 0 spiro atoms. The van der Waals surface area contributed by atoms with Gasteiger partial charge in [0.1, 0.15) is 12.6 Å². The van der Waals surface area contributed by atoms with Crippen molar-refractivity contribution in [3.63, 3.8) is 0 Å². The third kappa shape index (κ3) is 7.12. The lowest BCUT2D eigenvalue weighted by Gasteiger charge is -2.27. The van der Waals surface area contributed by atoms with Gasteiger partial charge in [-0.25, -0.2) is 0 Å². The first-order valence-electron chi connectivity index (χ1n) is 11.3. The summed E-state index contributed by atoms with van der Waals surface area (Å²) in [5, 5.41) is 8.46. The molecule has 1 atom stereocenters. The highest BCUT2D eigenvalue weighted by Gasteiger charge is 2.27. The van der Waals surface area contributed by atoms with Gasteiger partial charge >= 0.3 is 6.61 Å². The zero-order valence-electron chi connectivity index (χ0n) is 19.1. The molecule has 3 amide bonds. The van der Waals surface area contributed by atoms with Gasteiger partial charge in [-0.1, -0.05) is 11.6 Å². The average Bonchev–Trinajstić information content (AvgIpc) is 3.57. The maximum absolute atomic E-state index is 13.1. The molecule has 1 saturated heterocycles. The Hall–Kier alpha value is -2.80. The Morgan fingerprint density at radius 3 is 2.72 bits per heavy atom. The highest BCUT2D eigenvalue weighted by atomic mass is 35.5. The van der Waals surface area contributed by atoms with Crippen LogP contribution in [0.25, 0.3) is 0 Å². The van der Waals surface area contributed by atoms with Crippen molar-refractivity contribution in [3.05, 3.63) is 39.5 Å². The maximum Gasteiger partial charge on any atom is 0.387 e. The number of anilines is 2. The zero-order chi connectivity index (χ0) is 25.7.